The molecule has 4 nitrogen and oxygen atoms in total. The monoisotopic (exact) mass is 686 g/mol. The van der Waals surface area contributed by atoms with E-state index in [1.165, 1.54) is 15.6 Å². The first-order valence-corrected chi connectivity index (χ1v) is 21.0. The Hall–Kier alpha value is -5.25. The number of rotatable bonds is 12. The minimum atomic E-state index is -2.98. The van der Waals surface area contributed by atoms with Gasteiger partial charge in [0.15, 0.2) is 0 Å². The van der Waals surface area contributed by atoms with Gasteiger partial charge in [-0.2, -0.15) is 0 Å². The lowest BCUT2D eigenvalue weighted by molar-refractivity contribution is 0.208. The average molecular weight is 687 g/mol. The van der Waals surface area contributed by atoms with Crippen LogP contribution in [0.3, 0.4) is 0 Å². The lowest BCUT2D eigenvalue weighted by Crippen LogP contribution is -2.71. The van der Waals surface area contributed by atoms with E-state index in [1.807, 2.05) is 0 Å². The number of benzene rings is 6. The third-order valence-corrected chi connectivity index (χ3v) is 17.0. The number of hydrogen-bond donors (Lipinski definition) is 2. The molecule has 50 heavy (non-hydrogen) atoms. The van der Waals surface area contributed by atoms with E-state index in [0.29, 0.717) is 0 Å². The fourth-order valence-electron chi connectivity index (χ4n) is 7.04. The second-order valence-corrected chi connectivity index (χ2v) is 20.0. The van der Waals surface area contributed by atoms with Gasteiger partial charge >= 0.3 is 16.6 Å². The molecule has 0 saturated heterocycles. The normalized spacial score (nSPS) is 14.3. The zero-order valence-corrected chi connectivity index (χ0v) is 30.5. The van der Waals surface area contributed by atoms with Gasteiger partial charge in [0.2, 0.25) is 0 Å². The fourth-order valence-corrected chi connectivity index (χ4v) is 14.3. The maximum Gasteiger partial charge on any atom is 0.321 e. The Morgan fingerprint density at radius 3 is 1.00 bits per heavy atom. The Kier molecular flexibility index (Phi) is 9.78. The summed E-state index contributed by atoms with van der Waals surface area (Å²) < 4.78 is 14.3. The van der Waals surface area contributed by atoms with Gasteiger partial charge in [-0.25, -0.2) is 0 Å². The summed E-state index contributed by atoms with van der Waals surface area (Å²) in [5, 5.41) is 6.99. The Bertz CT molecular complexity index is 1850. The van der Waals surface area contributed by atoms with Gasteiger partial charge in [0.1, 0.15) is 0 Å². The molecule has 0 saturated carbocycles. The minimum absolute atomic E-state index is 0.168. The van der Waals surface area contributed by atoms with Crippen LogP contribution in [0.2, 0.25) is 0 Å². The number of nitrogens with one attached hydrogen (secondary N) is 2. The Balaban J connectivity index is 1.26. The average Bonchev–Trinajstić information content (AvgIpc) is 3.17. The molecular formula is C44H42N2O2Si2. The molecule has 1 aliphatic carbocycles. The van der Waals surface area contributed by atoms with Crippen molar-refractivity contribution in [2.24, 2.45) is 5.41 Å². The van der Waals surface area contributed by atoms with E-state index in [1.54, 1.807) is 0 Å². The topological polar surface area (TPSA) is 42.5 Å². The van der Waals surface area contributed by atoms with Crippen molar-refractivity contribution >= 4 is 47.8 Å². The lowest BCUT2D eigenvalue weighted by atomic mass is 9.83. The third kappa shape index (κ3) is 6.79. The highest BCUT2D eigenvalue weighted by molar-refractivity contribution is 7.07. The maximum atomic E-state index is 7.16. The van der Waals surface area contributed by atoms with E-state index < -0.39 is 16.6 Å². The number of hydroxylamine groups is 2. The first kappa shape index (κ1) is 33.3. The summed E-state index contributed by atoms with van der Waals surface area (Å²) in [6, 6.07) is 63.7. The lowest BCUT2D eigenvalue weighted by Gasteiger charge is -2.36. The predicted octanol–water partition coefficient (Wildman–Crippen LogP) is 5.56. The third-order valence-electron chi connectivity index (χ3n) is 9.26. The first-order valence-electron chi connectivity index (χ1n) is 17.1. The number of allylic oxidation sites excluding steroid dienone is 3. The molecule has 0 radical (unpaired) electrons. The van der Waals surface area contributed by atoms with Crippen LogP contribution in [0.5, 0.6) is 0 Å². The van der Waals surface area contributed by atoms with E-state index in [-0.39, 0.29) is 5.41 Å². The maximum absolute atomic E-state index is 7.16. The molecule has 0 bridgehead atoms. The largest absolute Gasteiger partial charge is 0.321 e. The summed E-state index contributed by atoms with van der Waals surface area (Å²) in [5.74, 6) is 0. The molecule has 0 fully saturated rings. The minimum Gasteiger partial charge on any atom is -0.305 e. The summed E-state index contributed by atoms with van der Waals surface area (Å²) in [7, 11) is -5.96. The summed E-state index contributed by atoms with van der Waals surface area (Å²) in [4.78, 5) is 0. The zero-order chi connectivity index (χ0) is 34.3. The van der Waals surface area contributed by atoms with E-state index in [4.69, 9.17) is 9.05 Å². The smallest absolute Gasteiger partial charge is 0.305 e. The van der Waals surface area contributed by atoms with E-state index in [0.717, 1.165) is 33.4 Å². The van der Waals surface area contributed by atoms with Gasteiger partial charge in [-0.3, -0.25) is 11.0 Å². The van der Waals surface area contributed by atoms with Crippen molar-refractivity contribution in [2.45, 2.75) is 20.3 Å². The molecule has 0 aliphatic heterocycles. The van der Waals surface area contributed by atoms with Crippen LogP contribution in [0.25, 0.3) is 0 Å². The number of hydrogen-bond acceptors (Lipinski definition) is 4. The van der Waals surface area contributed by atoms with Crippen molar-refractivity contribution in [2.75, 3.05) is 0 Å². The molecule has 0 spiro atoms. The molecular weight excluding hydrogens is 645 g/mol. The highest BCUT2D eigenvalue weighted by Gasteiger charge is 2.45. The first-order chi connectivity index (χ1) is 24.5. The van der Waals surface area contributed by atoms with Gasteiger partial charge in [-0.05, 0) is 49.0 Å². The predicted molar refractivity (Wildman–Crippen MR) is 211 cm³/mol. The molecule has 6 aromatic carbocycles. The van der Waals surface area contributed by atoms with Crippen LogP contribution in [0.15, 0.2) is 206 Å². The molecule has 0 heterocycles. The van der Waals surface area contributed by atoms with Gasteiger partial charge in [-0.15, -0.1) is 0 Å². The van der Waals surface area contributed by atoms with Gasteiger partial charge in [0, 0.05) is 5.70 Å². The summed E-state index contributed by atoms with van der Waals surface area (Å²) in [5.41, 5.74) is 8.73. The molecule has 6 aromatic rings. The van der Waals surface area contributed by atoms with Crippen LogP contribution >= 0.6 is 0 Å². The van der Waals surface area contributed by atoms with Crippen molar-refractivity contribution in [1.82, 2.24) is 11.0 Å². The molecule has 0 amide bonds. The summed E-state index contributed by atoms with van der Waals surface area (Å²) >= 11 is 0. The van der Waals surface area contributed by atoms with Gasteiger partial charge in [-0.1, -0.05) is 202 Å². The van der Waals surface area contributed by atoms with Crippen LogP contribution in [-0.4, -0.2) is 16.6 Å². The second-order valence-electron chi connectivity index (χ2n) is 13.4. The molecule has 248 valence electrons. The zero-order valence-electron chi connectivity index (χ0n) is 28.5. The van der Waals surface area contributed by atoms with Crippen LogP contribution in [0.4, 0.5) is 0 Å². The molecule has 0 unspecified atom stereocenters. The Morgan fingerprint density at radius 1 is 0.420 bits per heavy atom. The van der Waals surface area contributed by atoms with Gasteiger partial charge < -0.3 is 9.05 Å². The van der Waals surface area contributed by atoms with Gasteiger partial charge in [0.05, 0.1) is 5.70 Å². The van der Waals surface area contributed by atoms with Crippen molar-refractivity contribution in [3.05, 3.63) is 206 Å². The molecule has 0 atom stereocenters. The van der Waals surface area contributed by atoms with Crippen LogP contribution in [0.1, 0.15) is 20.3 Å². The quantitative estimate of drug-likeness (QED) is 0.101. The summed E-state index contributed by atoms with van der Waals surface area (Å²) in [6.45, 7) is 4.49. The SMILES string of the molecule is CC1(C)C=C(NO[Si](c2ccccc2)(c2ccccc2)c2ccccc2)C=C(NO[Si](c2ccccc2)(c2ccccc2)c2ccccc2)C1. The van der Waals surface area contributed by atoms with Crippen molar-refractivity contribution in [3.63, 3.8) is 0 Å². The van der Waals surface area contributed by atoms with Crippen LogP contribution in [-0.2, 0) is 9.05 Å². The van der Waals surface area contributed by atoms with Crippen LogP contribution < -0.4 is 42.1 Å². The Labute approximate surface area is 297 Å². The molecule has 1 aliphatic rings. The van der Waals surface area contributed by atoms with Crippen molar-refractivity contribution in [3.8, 4) is 0 Å². The second kappa shape index (κ2) is 14.7. The van der Waals surface area contributed by atoms with Crippen LogP contribution in [0, 0.1) is 5.41 Å². The standard InChI is InChI=1S/C44H42N2O2Si2/c1-44(2)34-36(45-47-49(38-21-9-3-10-22-38,39-23-11-4-12-24-39)40-25-13-5-14-26-40)33-37(35-44)46-48-50(41-27-15-6-16-28-41,42-29-17-7-18-30-42)43-31-19-8-20-32-43/h3-34,45-46H,35H2,1-2H3. The fraction of sp³-hybridized carbons (Fsp3) is 0.0909. The Morgan fingerprint density at radius 2 is 0.700 bits per heavy atom. The highest BCUT2D eigenvalue weighted by Crippen LogP contribution is 2.32. The van der Waals surface area contributed by atoms with Crippen molar-refractivity contribution < 1.29 is 9.05 Å². The van der Waals surface area contributed by atoms with E-state index in [2.05, 4.69) is 219 Å². The van der Waals surface area contributed by atoms with Crippen molar-refractivity contribution in [1.29, 1.82) is 0 Å². The molecule has 2 N–H and O–H groups in total. The molecule has 0 aromatic heterocycles. The molecule has 6 heteroatoms. The summed E-state index contributed by atoms with van der Waals surface area (Å²) in [6.07, 6.45) is 5.17. The highest BCUT2D eigenvalue weighted by atomic mass is 28.4. The van der Waals surface area contributed by atoms with Gasteiger partial charge in [0.25, 0.3) is 0 Å². The van der Waals surface area contributed by atoms with E-state index >= 15 is 0 Å². The molecule has 7 rings (SSSR count). The van der Waals surface area contributed by atoms with E-state index in [9.17, 15) is 0 Å².